The summed E-state index contributed by atoms with van der Waals surface area (Å²) in [7, 11) is 0. The van der Waals surface area contributed by atoms with Crippen LogP contribution in [0.2, 0.25) is 0 Å². The fourth-order valence-electron chi connectivity index (χ4n) is 2.10. The Balaban J connectivity index is 0.00000288. The Morgan fingerprint density at radius 2 is 2.12 bits per heavy atom. The van der Waals surface area contributed by atoms with Crippen molar-refractivity contribution in [3.8, 4) is 0 Å². The summed E-state index contributed by atoms with van der Waals surface area (Å²) >= 11 is 1.44. The van der Waals surface area contributed by atoms with Crippen LogP contribution in [0.25, 0.3) is 0 Å². The zero-order valence-electron chi connectivity index (χ0n) is 13.5. The first-order chi connectivity index (χ1) is 11.0. The largest absolute Gasteiger partial charge is 0.344 e. The highest BCUT2D eigenvalue weighted by molar-refractivity contribution is 7.09. The maximum atomic E-state index is 12.2. The molecule has 0 fully saturated rings. The van der Waals surface area contributed by atoms with Gasteiger partial charge in [-0.2, -0.15) is 0 Å². The van der Waals surface area contributed by atoms with Gasteiger partial charge in [-0.05, 0) is 31.2 Å². The van der Waals surface area contributed by atoms with E-state index in [1.165, 1.54) is 18.3 Å². The molecular weight excluding hydrogens is 348 g/mol. The Morgan fingerprint density at radius 3 is 2.79 bits per heavy atom. The molecule has 0 aliphatic rings. The molecule has 8 heteroatoms. The minimum atomic E-state index is -0.220. The molecule has 2 aromatic rings. The van der Waals surface area contributed by atoms with Crippen LogP contribution in [-0.4, -0.2) is 23.3 Å². The van der Waals surface area contributed by atoms with Gasteiger partial charge in [0.15, 0.2) is 0 Å². The molecule has 0 saturated carbocycles. The molecule has 4 N–H and O–H groups in total. The lowest BCUT2D eigenvalue weighted by Crippen LogP contribution is -2.27. The van der Waals surface area contributed by atoms with Crippen LogP contribution < -0.4 is 16.4 Å². The Bertz CT molecular complexity index is 705. The molecule has 0 bridgehead atoms. The number of thiazole rings is 1. The van der Waals surface area contributed by atoms with E-state index in [4.69, 9.17) is 5.73 Å². The first kappa shape index (κ1) is 20.1. The summed E-state index contributed by atoms with van der Waals surface area (Å²) in [5.41, 5.74) is 7.50. The Hall–Kier alpha value is -1.96. The smallest absolute Gasteiger partial charge is 0.271 e. The first-order valence-electron chi connectivity index (χ1n) is 7.32. The lowest BCUT2D eigenvalue weighted by molar-refractivity contribution is -0.114. The van der Waals surface area contributed by atoms with E-state index in [0.29, 0.717) is 24.3 Å². The van der Waals surface area contributed by atoms with E-state index < -0.39 is 0 Å². The maximum Gasteiger partial charge on any atom is 0.271 e. The molecule has 0 spiro atoms. The summed E-state index contributed by atoms with van der Waals surface area (Å²) in [6, 6.07) is 7.19. The molecule has 1 atom stereocenters. The van der Waals surface area contributed by atoms with Gasteiger partial charge in [-0.15, -0.1) is 23.7 Å². The predicted molar refractivity (Wildman–Crippen MR) is 98.7 cm³/mol. The zero-order chi connectivity index (χ0) is 16.8. The molecule has 0 aliphatic heterocycles. The number of aromatic nitrogens is 1. The third kappa shape index (κ3) is 5.59. The minimum absolute atomic E-state index is 0. The summed E-state index contributed by atoms with van der Waals surface area (Å²) < 4.78 is 0. The van der Waals surface area contributed by atoms with Gasteiger partial charge in [-0.25, -0.2) is 4.98 Å². The van der Waals surface area contributed by atoms with Crippen LogP contribution in [-0.2, 0) is 11.2 Å². The van der Waals surface area contributed by atoms with E-state index in [9.17, 15) is 9.59 Å². The third-order valence-corrected chi connectivity index (χ3v) is 4.11. The van der Waals surface area contributed by atoms with Crippen LogP contribution in [0.3, 0.4) is 0 Å². The zero-order valence-corrected chi connectivity index (χ0v) is 15.2. The number of rotatable bonds is 6. The monoisotopic (exact) mass is 368 g/mol. The lowest BCUT2D eigenvalue weighted by Gasteiger charge is -2.14. The normalized spacial score (nSPS) is 11.3. The average molecular weight is 369 g/mol. The number of hydrogen-bond donors (Lipinski definition) is 3. The summed E-state index contributed by atoms with van der Waals surface area (Å²) in [5, 5.41) is 8.23. The van der Waals surface area contributed by atoms with E-state index in [-0.39, 0.29) is 30.3 Å². The van der Waals surface area contributed by atoms with Crippen molar-refractivity contribution in [1.82, 2.24) is 10.3 Å². The highest BCUT2D eigenvalue weighted by atomic mass is 35.5. The molecule has 0 radical (unpaired) electrons. The highest BCUT2D eigenvalue weighted by Crippen LogP contribution is 2.18. The van der Waals surface area contributed by atoms with Gasteiger partial charge in [0.1, 0.15) is 5.69 Å². The van der Waals surface area contributed by atoms with Gasteiger partial charge in [0.2, 0.25) is 5.91 Å². The quantitative estimate of drug-likeness (QED) is 0.729. The van der Waals surface area contributed by atoms with E-state index in [1.54, 1.807) is 11.4 Å². The van der Waals surface area contributed by atoms with E-state index in [0.717, 1.165) is 10.6 Å². The lowest BCUT2D eigenvalue weighted by atomic mass is 10.1. The predicted octanol–water partition coefficient (Wildman–Crippen LogP) is 2.52. The molecule has 0 saturated heterocycles. The highest BCUT2D eigenvalue weighted by Gasteiger charge is 2.14. The van der Waals surface area contributed by atoms with Crippen LogP contribution in [0.4, 0.5) is 5.69 Å². The molecule has 24 heavy (non-hydrogen) atoms. The molecule has 6 nitrogen and oxygen atoms in total. The standard InChI is InChI=1S/C16H20N4O2S.ClH/c1-10(12-4-3-5-13(8-12)19-11(2)21)18-16(22)14-9-23-15(20-14)6-7-17;/h3-5,8-10H,6-7,17H2,1-2H3,(H,18,22)(H,19,21);1H. The molecule has 1 aromatic carbocycles. The van der Waals surface area contributed by atoms with Gasteiger partial charge in [0, 0.05) is 24.4 Å². The number of benzene rings is 1. The molecule has 1 aromatic heterocycles. The summed E-state index contributed by atoms with van der Waals surface area (Å²) in [6.07, 6.45) is 0.673. The van der Waals surface area contributed by atoms with E-state index >= 15 is 0 Å². The molecule has 130 valence electrons. The number of amides is 2. The molecule has 2 amide bonds. The molecule has 1 heterocycles. The summed E-state index contributed by atoms with van der Waals surface area (Å²) in [4.78, 5) is 27.6. The maximum absolute atomic E-state index is 12.2. The Labute approximate surface area is 151 Å². The number of nitrogens with zero attached hydrogens (tertiary/aromatic N) is 1. The first-order valence-corrected chi connectivity index (χ1v) is 8.20. The number of halogens is 1. The Morgan fingerprint density at radius 1 is 1.38 bits per heavy atom. The Kier molecular flexibility index (Phi) is 7.84. The van der Waals surface area contributed by atoms with Crippen LogP contribution in [0.5, 0.6) is 0 Å². The van der Waals surface area contributed by atoms with Crippen molar-refractivity contribution in [2.24, 2.45) is 5.73 Å². The van der Waals surface area contributed by atoms with Crippen molar-refractivity contribution >= 4 is 41.2 Å². The van der Waals surface area contributed by atoms with Crippen molar-refractivity contribution in [3.05, 3.63) is 45.9 Å². The fourth-order valence-corrected chi connectivity index (χ4v) is 2.89. The number of carbonyl (C=O) groups is 2. The number of hydrogen-bond acceptors (Lipinski definition) is 5. The third-order valence-electron chi connectivity index (χ3n) is 3.20. The van der Waals surface area contributed by atoms with Gasteiger partial charge in [-0.3, -0.25) is 9.59 Å². The van der Waals surface area contributed by atoms with Crippen molar-refractivity contribution in [2.45, 2.75) is 26.3 Å². The minimum Gasteiger partial charge on any atom is -0.344 e. The topological polar surface area (TPSA) is 97.1 Å². The second-order valence-corrected chi connectivity index (χ2v) is 6.11. The molecule has 1 unspecified atom stereocenters. The van der Waals surface area contributed by atoms with E-state index in [2.05, 4.69) is 15.6 Å². The van der Waals surface area contributed by atoms with Crippen molar-refractivity contribution in [3.63, 3.8) is 0 Å². The second kappa shape index (κ2) is 9.36. The average Bonchev–Trinajstić information content (AvgIpc) is 2.96. The van der Waals surface area contributed by atoms with Gasteiger partial charge in [0.05, 0.1) is 11.0 Å². The SMILES string of the molecule is CC(=O)Nc1cccc(C(C)NC(=O)c2csc(CCN)n2)c1.Cl. The molecular formula is C16H21ClN4O2S. The molecule has 2 rings (SSSR count). The fraction of sp³-hybridized carbons (Fsp3) is 0.312. The summed E-state index contributed by atoms with van der Waals surface area (Å²) in [5.74, 6) is -0.351. The number of anilines is 1. The van der Waals surface area contributed by atoms with Crippen molar-refractivity contribution < 1.29 is 9.59 Å². The van der Waals surface area contributed by atoms with Crippen LogP contribution in [0.1, 0.15) is 40.9 Å². The van der Waals surface area contributed by atoms with Gasteiger partial charge < -0.3 is 16.4 Å². The van der Waals surface area contributed by atoms with Crippen LogP contribution >= 0.6 is 23.7 Å². The van der Waals surface area contributed by atoms with Gasteiger partial charge in [0.25, 0.3) is 5.91 Å². The number of nitrogens with two attached hydrogens (primary N) is 1. The van der Waals surface area contributed by atoms with E-state index in [1.807, 2.05) is 25.1 Å². The van der Waals surface area contributed by atoms with Crippen molar-refractivity contribution in [2.75, 3.05) is 11.9 Å². The van der Waals surface area contributed by atoms with Gasteiger partial charge in [-0.1, -0.05) is 12.1 Å². The summed E-state index contributed by atoms with van der Waals surface area (Å²) in [6.45, 7) is 3.86. The van der Waals surface area contributed by atoms with Crippen LogP contribution in [0.15, 0.2) is 29.6 Å². The number of nitrogens with one attached hydrogen (secondary N) is 2. The van der Waals surface area contributed by atoms with Crippen molar-refractivity contribution in [1.29, 1.82) is 0 Å². The van der Waals surface area contributed by atoms with Gasteiger partial charge >= 0.3 is 0 Å². The van der Waals surface area contributed by atoms with Crippen LogP contribution in [0, 0.1) is 0 Å². The second-order valence-electron chi connectivity index (χ2n) is 5.17. The molecule has 0 aliphatic carbocycles. The number of carbonyl (C=O) groups excluding carboxylic acids is 2.